The van der Waals surface area contributed by atoms with Gasteiger partial charge in [0.25, 0.3) is 5.91 Å². The summed E-state index contributed by atoms with van der Waals surface area (Å²) >= 11 is 0. The monoisotopic (exact) mass is 388 g/mol. The van der Waals surface area contributed by atoms with Crippen LogP contribution < -0.4 is 15.8 Å². The fraction of sp³-hybridized carbons (Fsp3) is 0.278. The Balaban J connectivity index is 2.13. The minimum atomic E-state index is -3.26. The van der Waals surface area contributed by atoms with Crippen molar-refractivity contribution in [2.45, 2.75) is 25.3 Å². The fourth-order valence-corrected chi connectivity index (χ4v) is 3.15. The highest BCUT2D eigenvalue weighted by Gasteiger charge is 2.16. The highest BCUT2D eigenvalue weighted by molar-refractivity contribution is 7.91. The van der Waals surface area contributed by atoms with E-state index < -0.39 is 15.7 Å². The zero-order valence-electron chi connectivity index (χ0n) is 15.0. The molecule has 0 saturated carbocycles. The minimum absolute atomic E-state index is 0.0132. The predicted octanol–water partition coefficient (Wildman–Crippen LogP) is 1.66. The van der Waals surface area contributed by atoms with E-state index >= 15 is 0 Å². The van der Waals surface area contributed by atoms with Crippen molar-refractivity contribution >= 4 is 21.4 Å². The number of anilines is 1. The molecule has 0 radical (unpaired) electrons. The Morgan fingerprint density at radius 1 is 1.30 bits per heavy atom. The molecule has 2 rings (SSSR count). The van der Waals surface area contributed by atoms with Gasteiger partial charge in [-0.25, -0.2) is 13.4 Å². The molecule has 0 saturated heterocycles. The minimum Gasteiger partial charge on any atom is -0.477 e. The third-order valence-corrected chi connectivity index (χ3v) is 5.51. The molecular formula is C18H20N4O4S. The molecule has 0 fully saturated rings. The van der Waals surface area contributed by atoms with Crippen LogP contribution in [-0.2, 0) is 16.4 Å². The van der Waals surface area contributed by atoms with Crippen molar-refractivity contribution in [2.24, 2.45) is 0 Å². The van der Waals surface area contributed by atoms with E-state index in [1.807, 2.05) is 6.07 Å². The van der Waals surface area contributed by atoms with Crippen LogP contribution in [-0.4, -0.2) is 31.7 Å². The van der Waals surface area contributed by atoms with Crippen molar-refractivity contribution in [1.82, 2.24) is 10.3 Å². The fourth-order valence-electron chi connectivity index (χ4n) is 2.26. The lowest BCUT2D eigenvalue weighted by molar-refractivity contribution is 0.0944. The Labute approximate surface area is 157 Å². The van der Waals surface area contributed by atoms with Gasteiger partial charge in [-0.3, -0.25) is 4.79 Å². The van der Waals surface area contributed by atoms with Gasteiger partial charge in [-0.15, -0.1) is 0 Å². The maximum atomic E-state index is 12.3. The molecule has 1 heterocycles. The summed E-state index contributed by atoms with van der Waals surface area (Å²) in [4.78, 5) is 16.6. The summed E-state index contributed by atoms with van der Waals surface area (Å²) < 4.78 is 28.9. The van der Waals surface area contributed by atoms with Gasteiger partial charge in [0.1, 0.15) is 17.3 Å². The Kier molecular flexibility index (Phi) is 6.36. The van der Waals surface area contributed by atoms with Gasteiger partial charge >= 0.3 is 0 Å². The number of benzene rings is 1. The van der Waals surface area contributed by atoms with Gasteiger partial charge in [0, 0.05) is 6.54 Å². The average molecular weight is 388 g/mol. The summed E-state index contributed by atoms with van der Waals surface area (Å²) in [5, 5.41) is 11.8. The van der Waals surface area contributed by atoms with E-state index in [2.05, 4.69) is 10.3 Å². The molecule has 27 heavy (non-hydrogen) atoms. The predicted molar refractivity (Wildman–Crippen MR) is 99.9 cm³/mol. The molecule has 142 valence electrons. The summed E-state index contributed by atoms with van der Waals surface area (Å²) in [5.74, 6) is -0.450. The molecule has 0 aliphatic carbocycles. The molecule has 1 aromatic carbocycles. The number of hydrogen-bond donors (Lipinski definition) is 2. The number of nitrogens with one attached hydrogen (secondary N) is 1. The van der Waals surface area contributed by atoms with Gasteiger partial charge in [-0.2, -0.15) is 5.26 Å². The largest absolute Gasteiger partial charge is 0.477 e. The molecule has 0 aliphatic heterocycles. The van der Waals surface area contributed by atoms with Gasteiger partial charge in [-0.05, 0) is 30.7 Å². The van der Waals surface area contributed by atoms with Crippen LogP contribution >= 0.6 is 0 Å². The number of carbonyl (C=O) groups excluding carboxylic acids is 1. The molecule has 2 aromatic rings. The summed E-state index contributed by atoms with van der Waals surface area (Å²) in [6.07, 6.45) is 0. The number of hydrogen-bond acceptors (Lipinski definition) is 7. The average Bonchev–Trinajstić information content (AvgIpc) is 2.66. The number of pyridine rings is 1. The number of nitrogens with two attached hydrogens (primary N) is 1. The third kappa shape index (κ3) is 4.74. The smallest absolute Gasteiger partial charge is 0.270 e. The Morgan fingerprint density at radius 3 is 2.52 bits per heavy atom. The SMILES string of the molecule is CCOc1nc(C(=O)NCc2ccc(S(=O)(=O)CC)cc2)cc(N)c1C#N. The standard InChI is InChI=1S/C18H20N4O4S/c1-3-26-18-14(10-19)15(20)9-16(22-18)17(23)21-11-12-5-7-13(8-6-12)27(24,25)4-2/h5-9H,3-4,11H2,1-2H3,(H2,20,22)(H,21,23). The van der Waals surface area contributed by atoms with E-state index in [-0.39, 0.29) is 46.6 Å². The molecule has 3 N–H and O–H groups in total. The Hall–Kier alpha value is -3.12. The molecule has 8 nitrogen and oxygen atoms in total. The van der Waals surface area contributed by atoms with Crippen LogP contribution in [0, 0.1) is 11.3 Å². The number of sulfone groups is 1. The number of ether oxygens (including phenoxy) is 1. The molecule has 0 unspecified atom stereocenters. The van der Waals surface area contributed by atoms with Gasteiger partial charge in [-0.1, -0.05) is 19.1 Å². The number of nitrogens with zero attached hydrogens (tertiary/aromatic N) is 2. The van der Waals surface area contributed by atoms with Crippen molar-refractivity contribution in [2.75, 3.05) is 18.1 Å². The van der Waals surface area contributed by atoms with Crippen molar-refractivity contribution < 1.29 is 17.9 Å². The molecule has 0 aliphatic rings. The second kappa shape index (κ2) is 8.51. The van der Waals surface area contributed by atoms with E-state index in [0.29, 0.717) is 0 Å². The van der Waals surface area contributed by atoms with Gasteiger partial charge < -0.3 is 15.8 Å². The Morgan fingerprint density at radius 2 is 1.96 bits per heavy atom. The highest BCUT2D eigenvalue weighted by Crippen LogP contribution is 2.22. The summed E-state index contributed by atoms with van der Waals surface area (Å²) in [7, 11) is -3.26. The molecule has 9 heteroatoms. The lowest BCUT2D eigenvalue weighted by atomic mass is 10.2. The topological polar surface area (TPSA) is 135 Å². The molecule has 0 bridgehead atoms. The van der Waals surface area contributed by atoms with Gasteiger partial charge in [0.2, 0.25) is 5.88 Å². The van der Waals surface area contributed by atoms with E-state index in [1.165, 1.54) is 18.2 Å². The van der Waals surface area contributed by atoms with Crippen molar-refractivity contribution in [3.63, 3.8) is 0 Å². The van der Waals surface area contributed by atoms with E-state index in [4.69, 9.17) is 15.7 Å². The Bertz CT molecular complexity index is 980. The summed E-state index contributed by atoms with van der Waals surface area (Å²) in [6.45, 7) is 3.76. The zero-order valence-corrected chi connectivity index (χ0v) is 15.8. The summed E-state index contributed by atoms with van der Waals surface area (Å²) in [6, 6.07) is 9.49. The number of rotatable bonds is 7. The van der Waals surface area contributed by atoms with Crippen LogP contribution in [0.4, 0.5) is 5.69 Å². The highest BCUT2D eigenvalue weighted by atomic mass is 32.2. The van der Waals surface area contributed by atoms with Crippen LogP contribution in [0.2, 0.25) is 0 Å². The first kappa shape index (κ1) is 20.2. The lowest BCUT2D eigenvalue weighted by Gasteiger charge is -2.10. The van der Waals surface area contributed by atoms with Gasteiger partial charge in [0.05, 0.1) is 22.9 Å². The van der Waals surface area contributed by atoms with Crippen molar-refractivity contribution in [3.8, 4) is 11.9 Å². The third-order valence-electron chi connectivity index (χ3n) is 3.76. The second-order valence-corrected chi connectivity index (χ2v) is 7.83. The quantitative estimate of drug-likeness (QED) is 0.736. The van der Waals surface area contributed by atoms with Crippen LogP contribution in [0.1, 0.15) is 35.5 Å². The van der Waals surface area contributed by atoms with E-state index in [9.17, 15) is 13.2 Å². The zero-order chi connectivity index (χ0) is 20.0. The normalized spacial score (nSPS) is 10.9. The first-order valence-electron chi connectivity index (χ1n) is 8.25. The molecular weight excluding hydrogens is 368 g/mol. The maximum absolute atomic E-state index is 12.3. The molecule has 1 amide bonds. The second-order valence-electron chi connectivity index (χ2n) is 5.55. The first-order valence-corrected chi connectivity index (χ1v) is 9.90. The molecule has 0 spiro atoms. The lowest BCUT2D eigenvalue weighted by Crippen LogP contribution is -2.24. The maximum Gasteiger partial charge on any atom is 0.270 e. The van der Waals surface area contributed by atoms with Gasteiger partial charge in [0.15, 0.2) is 9.84 Å². The number of amides is 1. The van der Waals surface area contributed by atoms with Crippen molar-refractivity contribution in [3.05, 3.63) is 47.2 Å². The van der Waals surface area contributed by atoms with Crippen molar-refractivity contribution in [1.29, 1.82) is 5.26 Å². The summed E-state index contributed by atoms with van der Waals surface area (Å²) in [5.41, 5.74) is 6.75. The van der Waals surface area contributed by atoms with Crippen LogP contribution in [0.15, 0.2) is 35.2 Å². The molecule has 1 aromatic heterocycles. The van der Waals surface area contributed by atoms with E-state index in [1.54, 1.807) is 26.0 Å². The number of nitriles is 1. The number of carbonyl (C=O) groups is 1. The molecule has 0 atom stereocenters. The van der Waals surface area contributed by atoms with Crippen LogP contribution in [0.25, 0.3) is 0 Å². The number of aromatic nitrogens is 1. The number of nitrogen functional groups attached to an aromatic ring is 1. The van der Waals surface area contributed by atoms with E-state index in [0.717, 1.165) is 5.56 Å². The van der Waals surface area contributed by atoms with Crippen LogP contribution in [0.5, 0.6) is 5.88 Å². The van der Waals surface area contributed by atoms with Crippen LogP contribution in [0.3, 0.4) is 0 Å². The first-order chi connectivity index (χ1) is 12.8.